The quantitative estimate of drug-likeness (QED) is 0.564. The zero-order valence-corrected chi connectivity index (χ0v) is 7.06. The number of nitrogens with two attached hydrogens (primary N) is 1. The van der Waals surface area contributed by atoms with E-state index in [1.165, 1.54) is 12.1 Å². The number of benzene rings is 1. The molecule has 0 spiro atoms. The van der Waals surface area contributed by atoms with Crippen LogP contribution in [0, 0.1) is 10.1 Å². The molecule has 0 heterocycles. The zero-order chi connectivity index (χ0) is 9.84. The highest BCUT2D eigenvalue weighted by molar-refractivity contribution is 5.34. The molecule has 0 radical (unpaired) electrons. The molecule has 0 atom stereocenters. The van der Waals surface area contributed by atoms with Crippen molar-refractivity contribution in [1.82, 2.24) is 0 Å². The number of allylic oxidation sites excluding steroid dienone is 1. The lowest BCUT2D eigenvalue weighted by Crippen LogP contribution is -1.98. The minimum Gasteiger partial charge on any atom is -0.402 e. The van der Waals surface area contributed by atoms with E-state index in [1.54, 1.807) is 12.1 Å². The summed E-state index contributed by atoms with van der Waals surface area (Å²) in [7, 11) is 0. The number of rotatable bonds is 3. The highest BCUT2D eigenvalue weighted by atomic mass is 16.6. The van der Waals surface area contributed by atoms with Crippen molar-refractivity contribution in [2.75, 3.05) is 0 Å². The molecule has 0 aromatic heterocycles. The van der Waals surface area contributed by atoms with E-state index in [4.69, 9.17) is 5.73 Å². The van der Waals surface area contributed by atoms with Crippen molar-refractivity contribution in [3.63, 3.8) is 0 Å². The van der Waals surface area contributed by atoms with Crippen LogP contribution in [0.3, 0.4) is 0 Å². The molecule has 0 fully saturated rings. The molecule has 1 aromatic carbocycles. The van der Waals surface area contributed by atoms with Gasteiger partial charge in [0.1, 0.15) is 0 Å². The van der Waals surface area contributed by atoms with Crippen LogP contribution in [-0.2, 0) is 6.42 Å². The molecule has 0 aliphatic rings. The van der Waals surface area contributed by atoms with Gasteiger partial charge in [0.25, 0.3) is 5.69 Å². The van der Waals surface area contributed by atoms with Gasteiger partial charge >= 0.3 is 0 Å². The maximum Gasteiger partial charge on any atom is 0.269 e. The van der Waals surface area contributed by atoms with E-state index >= 15 is 0 Å². The van der Waals surface area contributed by atoms with E-state index in [2.05, 4.69) is 6.58 Å². The smallest absolute Gasteiger partial charge is 0.269 e. The fourth-order valence-electron chi connectivity index (χ4n) is 0.998. The maximum atomic E-state index is 10.3. The molecule has 0 aliphatic heterocycles. The Morgan fingerprint density at radius 2 is 2.00 bits per heavy atom. The van der Waals surface area contributed by atoms with Gasteiger partial charge < -0.3 is 5.73 Å². The Bertz CT molecular complexity index is 330. The van der Waals surface area contributed by atoms with Gasteiger partial charge in [-0.25, -0.2) is 0 Å². The number of hydrogen-bond acceptors (Lipinski definition) is 3. The van der Waals surface area contributed by atoms with Crippen molar-refractivity contribution in [1.29, 1.82) is 0 Å². The first kappa shape index (κ1) is 9.25. The lowest BCUT2D eigenvalue weighted by molar-refractivity contribution is -0.384. The summed E-state index contributed by atoms with van der Waals surface area (Å²) in [6.07, 6.45) is 0.554. The van der Waals surface area contributed by atoms with Crippen LogP contribution in [0.2, 0.25) is 0 Å². The Morgan fingerprint density at radius 3 is 2.38 bits per heavy atom. The fourth-order valence-corrected chi connectivity index (χ4v) is 0.998. The Hall–Kier alpha value is -1.84. The fraction of sp³-hybridized carbons (Fsp3) is 0.111. The van der Waals surface area contributed by atoms with Crippen molar-refractivity contribution >= 4 is 5.69 Å². The summed E-state index contributed by atoms with van der Waals surface area (Å²) in [6.45, 7) is 3.55. The van der Waals surface area contributed by atoms with Crippen LogP contribution in [0.15, 0.2) is 36.5 Å². The molecule has 0 aliphatic carbocycles. The maximum absolute atomic E-state index is 10.3. The molecular formula is C9H10N2O2. The molecule has 0 bridgehead atoms. The third kappa shape index (κ3) is 2.59. The van der Waals surface area contributed by atoms with Crippen LogP contribution in [-0.4, -0.2) is 4.92 Å². The van der Waals surface area contributed by atoms with Gasteiger partial charge in [0.2, 0.25) is 0 Å². The van der Waals surface area contributed by atoms with Gasteiger partial charge in [-0.2, -0.15) is 0 Å². The molecule has 4 nitrogen and oxygen atoms in total. The van der Waals surface area contributed by atoms with Crippen molar-refractivity contribution in [3.05, 3.63) is 52.2 Å². The van der Waals surface area contributed by atoms with Crippen LogP contribution in [0.25, 0.3) is 0 Å². The average molecular weight is 178 g/mol. The lowest BCUT2D eigenvalue weighted by atomic mass is 10.1. The summed E-state index contributed by atoms with van der Waals surface area (Å²) in [4.78, 5) is 9.87. The first-order valence-corrected chi connectivity index (χ1v) is 3.76. The first-order chi connectivity index (χ1) is 6.09. The van der Waals surface area contributed by atoms with Crippen molar-refractivity contribution in [2.45, 2.75) is 6.42 Å². The normalized spacial score (nSPS) is 9.54. The van der Waals surface area contributed by atoms with Gasteiger partial charge in [-0.3, -0.25) is 10.1 Å². The Morgan fingerprint density at radius 1 is 1.46 bits per heavy atom. The van der Waals surface area contributed by atoms with Gasteiger partial charge in [-0.15, -0.1) is 0 Å². The van der Waals surface area contributed by atoms with E-state index in [-0.39, 0.29) is 5.69 Å². The van der Waals surface area contributed by atoms with E-state index < -0.39 is 4.92 Å². The van der Waals surface area contributed by atoms with Crippen LogP contribution in [0.5, 0.6) is 0 Å². The second kappa shape index (κ2) is 3.71. The van der Waals surface area contributed by atoms with Crippen molar-refractivity contribution in [2.24, 2.45) is 5.73 Å². The number of nitrogens with zero attached hydrogens (tertiary/aromatic N) is 1. The topological polar surface area (TPSA) is 69.2 Å². The summed E-state index contributed by atoms with van der Waals surface area (Å²) in [6, 6.07) is 6.27. The summed E-state index contributed by atoms with van der Waals surface area (Å²) in [5, 5.41) is 10.3. The van der Waals surface area contributed by atoms with Crippen LogP contribution >= 0.6 is 0 Å². The second-order valence-corrected chi connectivity index (χ2v) is 2.76. The number of nitro groups is 1. The second-order valence-electron chi connectivity index (χ2n) is 2.76. The van der Waals surface area contributed by atoms with E-state index in [0.717, 1.165) is 5.56 Å². The molecule has 13 heavy (non-hydrogen) atoms. The number of non-ortho nitro benzene ring substituents is 1. The highest BCUT2D eigenvalue weighted by Crippen LogP contribution is 2.12. The average Bonchev–Trinajstić information content (AvgIpc) is 2.04. The molecule has 68 valence electrons. The van der Waals surface area contributed by atoms with E-state index in [0.29, 0.717) is 12.1 Å². The third-order valence-corrected chi connectivity index (χ3v) is 1.58. The van der Waals surface area contributed by atoms with E-state index in [9.17, 15) is 10.1 Å². The standard InChI is InChI=1S/C9H10N2O2/c1-7(10)6-8-2-4-9(5-3-8)11(12)13/h2-5H,1,6,10H2. The highest BCUT2D eigenvalue weighted by Gasteiger charge is 2.03. The van der Waals surface area contributed by atoms with Gasteiger partial charge in [0, 0.05) is 24.3 Å². The summed E-state index contributed by atoms with van der Waals surface area (Å²) in [5.41, 5.74) is 6.96. The van der Waals surface area contributed by atoms with Gasteiger partial charge in [0.05, 0.1) is 4.92 Å². The molecule has 4 heteroatoms. The predicted molar refractivity (Wildman–Crippen MR) is 50.1 cm³/mol. The molecule has 1 aromatic rings. The molecule has 0 saturated carbocycles. The first-order valence-electron chi connectivity index (χ1n) is 3.76. The Kier molecular flexibility index (Phi) is 2.64. The van der Waals surface area contributed by atoms with Crippen LogP contribution in [0.1, 0.15) is 5.56 Å². The largest absolute Gasteiger partial charge is 0.402 e. The van der Waals surface area contributed by atoms with Gasteiger partial charge in [0.15, 0.2) is 0 Å². The minimum absolute atomic E-state index is 0.0892. The summed E-state index contributed by atoms with van der Waals surface area (Å²) in [5.74, 6) is 0. The van der Waals surface area contributed by atoms with Crippen molar-refractivity contribution < 1.29 is 4.92 Å². The zero-order valence-electron chi connectivity index (χ0n) is 7.06. The summed E-state index contributed by atoms with van der Waals surface area (Å²) >= 11 is 0. The van der Waals surface area contributed by atoms with Crippen molar-refractivity contribution in [3.8, 4) is 0 Å². The Labute approximate surface area is 75.8 Å². The number of nitro benzene ring substituents is 1. The Balaban J connectivity index is 2.81. The lowest BCUT2D eigenvalue weighted by Gasteiger charge is -1.98. The molecule has 0 amide bonds. The summed E-state index contributed by atoms with van der Waals surface area (Å²) < 4.78 is 0. The van der Waals surface area contributed by atoms with E-state index in [1.807, 2.05) is 0 Å². The SMILES string of the molecule is C=C(N)Cc1ccc([N+](=O)[O-])cc1. The van der Waals surface area contributed by atoms with Crippen LogP contribution < -0.4 is 5.73 Å². The number of hydrogen-bond donors (Lipinski definition) is 1. The molecular weight excluding hydrogens is 168 g/mol. The van der Waals surface area contributed by atoms with Crippen LogP contribution in [0.4, 0.5) is 5.69 Å². The minimum atomic E-state index is -0.430. The molecule has 2 N–H and O–H groups in total. The monoisotopic (exact) mass is 178 g/mol. The van der Waals surface area contributed by atoms with Gasteiger partial charge in [-0.1, -0.05) is 18.7 Å². The molecule has 0 unspecified atom stereocenters. The van der Waals surface area contributed by atoms with Gasteiger partial charge in [-0.05, 0) is 5.56 Å². The molecule has 0 saturated heterocycles. The predicted octanol–water partition coefficient (Wildman–Crippen LogP) is 1.61. The molecule has 1 rings (SSSR count). The third-order valence-electron chi connectivity index (χ3n) is 1.58.